The fourth-order valence-corrected chi connectivity index (χ4v) is 3.01. The Morgan fingerprint density at radius 3 is 2.21 bits per heavy atom. The average molecular weight is 384 g/mol. The topological polar surface area (TPSA) is 91.3 Å². The summed E-state index contributed by atoms with van der Waals surface area (Å²) in [5.74, 6) is -0.457. The maximum Gasteiger partial charge on any atom is 0.374 e. The number of cyclic esters (lactones) is 1. The van der Waals surface area contributed by atoms with E-state index in [1.807, 2.05) is 0 Å². The van der Waals surface area contributed by atoms with Crippen molar-refractivity contribution in [3.63, 3.8) is 0 Å². The molecule has 0 saturated heterocycles. The molecule has 0 fully saturated rings. The van der Waals surface area contributed by atoms with E-state index in [4.69, 9.17) is 18.9 Å². The molecule has 1 aliphatic heterocycles. The predicted octanol–water partition coefficient (Wildman–Crippen LogP) is 2.72. The summed E-state index contributed by atoms with van der Waals surface area (Å²) in [6, 6.07) is 11.7. The van der Waals surface area contributed by atoms with Gasteiger partial charge >= 0.3 is 5.97 Å². The van der Waals surface area contributed by atoms with E-state index >= 15 is 0 Å². The molecule has 2 aromatic rings. The number of ketones is 1. The van der Waals surface area contributed by atoms with Gasteiger partial charge in [-0.15, -0.1) is 0 Å². The van der Waals surface area contributed by atoms with Crippen LogP contribution in [0.25, 0.3) is 5.57 Å². The number of carbonyl (C=O) groups is 2. The summed E-state index contributed by atoms with van der Waals surface area (Å²) in [6.45, 7) is 0. The number of aliphatic hydroxyl groups excluding tert-OH is 1. The molecule has 1 aliphatic rings. The van der Waals surface area contributed by atoms with Gasteiger partial charge in [0.25, 0.3) is 0 Å². The van der Waals surface area contributed by atoms with E-state index in [0.29, 0.717) is 22.8 Å². The van der Waals surface area contributed by atoms with E-state index in [9.17, 15) is 14.7 Å². The first-order valence-electron chi connectivity index (χ1n) is 8.52. The Balaban J connectivity index is 1.90. The van der Waals surface area contributed by atoms with Crippen molar-refractivity contribution in [1.29, 1.82) is 0 Å². The zero-order valence-corrected chi connectivity index (χ0v) is 15.7. The highest BCUT2D eigenvalue weighted by molar-refractivity contribution is 6.29. The standard InChI is InChI=1S/C21H20O7/c1-25-14-7-5-13(6-8-14)18-19(22)17(28-21(24)20(18)23)11-12-4-9-15(26-2)16(10-12)27-3/h4-10,17,23H,11H2,1-3H3. The van der Waals surface area contributed by atoms with Crippen molar-refractivity contribution in [2.75, 3.05) is 21.3 Å². The maximum absolute atomic E-state index is 12.9. The number of esters is 1. The lowest BCUT2D eigenvalue weighted by molar-refractivity contribution is -0.153. The van der Waals surface area contributed by atoms with Gasteiger partial charge in [0.15, 0.2) is 17.6 Å². The summed E-state index contributed by atoms with van der Waals surface area (Å²) in [7, 11) is 4.56. The minimum Gasteiger partial charge on any atom is -0.501 e. The Morgan fingerprint density at radius 1 is 0.929 bits per heavy atom. The lowest BCUT2D eigenvalue weighted by atomic mass is 9.92. The average Bonchev–Trinajstić information content (AvgIpc) is 2.72. The van der Waals surface area contributed by atoms with Gasteiger partial charge in [0.05, 0.1) is 26.9 Å². The molecule has 3 rings (SSSR count). The summed E-state index contributed by atoms with van der Waals surface area (Å²) in [4.78, 5) is 25.1. The summed E-state index contributed by atoms with van der Waals surface area (Å²) in [5.41, 5.74) is 1.07. The lowest BCUT2D eigenvalue weighted by Gasteiger charge is -2.24. The molecule has 0 bridgehead atoms. The molecule has 0 aliphatic carbocycles. The minimum atomic E-state index is -1.06. The maximum atomic E-state index is 12.9. The van der Waals surface area contributed by atoms with Crippen molar-refractivity contribution in [3.8, 4) is 17.2 Å². The molecule has 28 heavy (non-hydrogen) atoms. The second-order valence-corrected chi connectivity index (χ2v) is 6.10. The molecule has 1 N–H and O–H groups in total. The van der Waals surface area contributed by atoms with Crippen LogP contribution in [0.15, 0.2) is 48.2 Å². The normalized spacial score (nSPS) is 16.6. The molecule has 0 spiro atoms. The first-order chi connectivity index (χ1) is 13.5. The van der Waals surface area contributed by atoms with Gasteiger partial charge in [0.1, 0.15) is 5.75 Å². The number of benzene rings is 2. The van der Waals surface area contributed by atoms with Gasteiger partial charge in [0.2, 0.25) is 11.5 Å². The Kier molecular flexibility index (Phi) is 5.54. The molecular weight excluding hydrogens is 364 g/mol. The van der Waals surface area contributed by atoms with Crippen molar-refractivity contribution in [2.24, 2.45) is 0 Å². The Hall–Kier alpha value is -3.48. The molecule has 1 atom stereocenters. The van der Waals surface area contributed by atoms with Gasteiger partial charge in [-0.25, -0.2) is 4.79 Å². The zero-order chi connectivity index (χ0) is 20.3. The number of methoxy groups -OCH3 is 3. The van der Waals surface area contributed by atoms with E-state index < -0.39 is 23.6 Å². The number of ether oxygens (including phenoxy) is 4. The Labute approximate surface area is 162 Å². The van der Waals surface area contributed by atoms with E-state index in [-0.39, 0.29) is 12.0 Å². The third-order valence-electron chi connectivity index (χ3n) is 4.47. The van der Waals surface area contributed by atoms with Gasteiger partial charge in [-0.2, -0.15) is 0 Å². The van der Waals surface area contributed by atoms with Crippen molar-refractivity contribution in [3.05, 3.63) is 59.4 Å². The Bertz CT molecular complexity index is 928. The van der Waals surface area contributed by atoms with Crippen LogP contribution < -0.4 is 14.2 Å². The van der Waals surface area contributed by atoms with Gasteiger partial charge in [-0.3, -0.25) is 4.79 Å². The smallest absolute Gasteiger partial charge is 0.374 e. The van der Waals surface area contributed by atoms with Crippen LogP contribution in [-0.4, -0.2) is 44.3 Å². The number of rotatable bonds is 6. The first kappa shape index (κ1) is 19.3. The number of Topliss-reactive ketones (excluding diaryl/α,β-unsaturated/α-hetero) is 1. The monoisotopic (exact) mass is 384 g/mol. The molecular formula is C21H20O7. The van der Waals surface area contributed by atoms with Crippen molar-refractivity contribution in [2.45, 2.75) is 12.5 Å². The molecule has 0 aromatic heterocycles. The van der Waals surface area contributed by atoms with E-state index in [1.165, 1.54) is 21.3 Å². The third-order valence-corrected chi connectivity index (χ3v) is 4.47. The van der Waals surface area contributed by atoms with Crippen LogP contribution in [-0.2, 0) is 20.7 Å². The molecule has 146 valence electrons. The van der Waals surface area contributed by atoms with Crippen LogP contribution in [0.1, 0.15) is 11.1 Å². The Morgan fingerprint density at radius 2 is 1.61 bits per heavy atom. The molecule has 0 radical (unpaired) electrons. The number of hydrogen-bond donors (Lipinski definition) is 1. The fourth-order valence-electron chi connectivity index (χ4n) is 3.01. The quantitative estimate of drug-likeness (QED) is 0.766. The molecule has 1 unspecified atom stereocenters. The van der Waals surface area contributed by atoms with Crippen LogP contribution in [0.4, 0.5) is 0 Å². The molecule has 7 heteroatoms. The molecule has 0 saturated carbocycles. The third kappa shape index (κ3) is 3.64. The second-order valence-electron chi connectivity index (χ2n) is 6.10. The van der Waals surface area contributed by atoms with Crippen LogP contribution >= 0.6 is 0 Å². The highest BCUT2D eigenvalue weighted by Gasteiger charge is 2.37. The van der Waals surface area contributed by atoms with Gasteiger partial charge in [-0.1, -0.05) is 18.2 Å². The number of aliphatic hydroxyl groups is 1. The molecule has 7 nitrogen and oxygen atoms in total. The summed E-state index contributed by atoms with van der Waals surface area (Å²) in [6.07, 6.45) is -0.920. The number of carbonyl (C=O) groups excluding carboxylic acids is 2. The van der Waals surface area contributed by atoms with Crippen molar-refractivity contribution >= 4 is 17.3 Å². The van der Waals surface area contributed by atoms with E-state index in [2.05, 4.69) is 0 Å². The van der Waals surface area contributed by atoms with Crippen LogP contribution in [0.2, 0.25) is 0 Å². The van der Waals surface area contributed by atoms with Crippen LogP contribution in [0.5, 0.6) is 17.2 Å². The molecule has 1 heterocycles. The van der Waals surface area contributed by atoms with Gasteiger partial charge < -0.3 is 24.1 Å². The SMILES string of the molecule is COc1ccc(C2=C(O)C(=O)OC(Cc3ccc(OC)c(OC)c3)C2=O)cc1. The molecule has 2 aromatic carbocycles. The van der Waals surface area contributed by atoms with Crippen LogP contribution in [0, 0.1) is 0 Å². The highest BCUT2D eigenvalue weighted by atomic mass is 16.6. The lowest BCUT2D eigenvalue weighted by Crippen LogP contribution is -2.36. The number of hydrogen-bond acceptors (Lipinski definition) is 7. The van der Waals surface area contributed by atoms with Crippen molar-refractivity contribution < 1.29 is 33.6 Å². The summed E-state index contributed by atoms with van der Waals surface area (Å²) >= 11 is 0. The fraction of sp³-hybridized carbons (Fsp3) is 0.238. The first-order valence-corrected chi connectivity index (χ1v) is 8.52. The van der Waals surface area contributed by atoms with E-state index in [0.717, 1.165) is 5.56 Å². The largest absolute Gasteiger partial charge is 0.501 e. The van der Waals surface area contributed by atoms with Crippen molar-refractivity contribution in [1.82, 2.24) is 0 Å². The minimum absolute atomic E-state index is 0.0654. The second kappa shape index (κ2) is 8.04. The van der Waals surface area contributed by atoms with Gasteiger partial charge in [-0.05, 0) is 35.4 Å². The van der Waals surface area contributed by atoms with E-state index in [1.54, 1.807) is 42.5 Å². The van der Waals surface area contributed by atoms with Crippen LogP contribution in [0.3, 0.4) is 0 Å². The highest BCUT2D eigenvalue weighted by Crippen LogP contribution is 2.31. The summed E-state index contributed by atoms with van der Waals surface area (Å²) in [5, 5.41) is 10.1. The summed E-state index contributed by atoms with van der Waals surface area (Å²) < 4.78 is 20.7. The molecule has 0 amide bonds. The van der Waals surface area contributed by atoms with Gasteiger partial charge in [0, 0.05) is 6.42 Å². The zero-order valence-electron chi connectivity index (χ0n) is 15.7. The predicted molar refractivity (Wildman–Crippen MR) is 101 cm³/mol.